The van der Waals surface area contributed by atoms with E-state index in [2.05, 4.69) is 4.99 Å². The average Bonchev–Trinajstić information content (AvgIpc) is 2.86. The third kappa shape index (κ3) is 2.58. The van der Waals surface area contributed by atoms with E-state index in [0.717, 1.165) is 0 Å². The van der Waals surface area contributed by atoms with Crippen LogP contribution in [0.1, 0.15) is 23.7 Å². The summed E-state index contributed by atoms with van der Waals surface area (Å²) in [5.41, 5.74) is -0.406. The Morgan fingerprint density at radius 3 is 2.32 bits per heavy atom. The second kappa shape index (κ2) is 5.61. The van der Waals surface area contributed by atoms with Gasteiger partial charge < -0.3 is 19.7 Å². The summed E-state index contributed by atoms with van der Waals surface area (Å²) in [5.74, 6) is -1.34. The van der Waals surface area contributed by atoms with E-state index in [1.807, 2.05) is 24.3 Å². The van der Waals surface area contributed by atoms with Gasteiger partial charge in [0.1, 0.15) is 0 Å². The molecule has 5 heteroatoms. The largest absolute Gasteiger partial charge is 0.550 e. The number of aliphatic carboxylic acids is 1. The maximum absolute atomic E-state index is 11.0. The molecule has 5 nitrogen and oxygen atoms in total. The van der Waals surface area contributed by atoms with Crippen molar-refractivity contribution in [1.29, 1.82) is 0 Å². The van der Waals surface area contributed by atoms with Crippen LogP contribution in [0, 0.1) is 0 Å². The number of rotatable bonds is 4. The van der Waals surface area contributed by atoms with Crippen LogP contribution >= 0.6 is 0 Å². The Bertz CT molecular complexity index is 699. The summed E-state index contributed by atoms with van der Waals surface area (Å²) in [4.78, 5) is 14.9. The van der Waals surface area contributed by atoms with E-state index in [0.29, 0.717) is 11.1 Å². The molecular weight excluding hydrogens is 282 g/mol. The molecule has 2 aromatic rings. The summed E-state index contributed by atoms with van der Waals surface area (Å²) in [5, 5.41) is 21.8. The predicted molar refractivity (Wildman–Crippen MR) is 77.7 cm³/mol. The number of hydrogen-bond donors (Lipinski definition) is 1. The third-order valence-electron chi connectivity index (χ3n) is 3.51. The van der Waals surface area contributed by atoms with Gasteiger partial charge >= 0.3 is 0 Å². The van der Waals surface area contributed by atoms with E-state index in [1.54, 1.807) is 36.4 Å². The molecule has 3 rings (SSSR count). The van der Waals surface area contributed by atoms with Gasteiger partial charge in [-0.2, -0.15) is 0 Å². The van der Waals surface area contributed by atoms with Crippen LogP contribution in [0.25, 0.3) is 0 Å². The standard InChI is InChI=1S/C17H15NO4/c19-15(20)11-14-18-17(21,13-9-5-2-6-10-13)16(22-14)12-7-3-1-4-8-12/h1-10,16,21H,11H2,(H,19,20)/p-1. The van der Waals surface area contributed by atoms with Gasteiger partial charge in [0.15, 0.2) is 12.0 Å². The monoisotopic (exact) mass is 296 g/mol. The Labute approximate surface area is 127 Å². The highest BCUT2D eigenvalue weighted by Gasteiger charge is 2.46. The van der Waals surface area contributed by atoms with Gasteiger partial charge in [0, 0.05) is 5.56 Å². The number of carboxylic acid groups (broad SMARTS) is 1. The van der Waals surface area contributed by atoms with E-state index in [1.165, 1.54) is 0 Å². The summed E-state index contributed by atoms with van der Waals surface area (Å²) in [6, 6.07) is 17.9. The van der Waals surface area contributed by atoms with E-state index < -0.39 is 24.2 Å². The number of benzene rings is 2. The second-order valence-electron chi connectivity index (χ2n) is 5.06. The molecule has 0 aromatic heterocycles. The Morgan fingerprint density at radius 1 is 1.14 bits per heavy atom. The molecule has 112 valence electrons. The zero-order chi connectivity index (χ0) is 15.6. The minimum atomic E-state index is -1.66. The minimum absolute atomic E-state index is 0.0415. The van der Waals surface area contributed by atoms with Crippen molar-refractivity contribution < 1.29 is 19.7 Å². The SMILES string of the molecule is O=C([O-])CC1=NC(O)(c2ccccc2)C(c2ccccc2)O1. The molecule has 0 saturated carbocycles. The number of hydrogen-bond acceptors (Lipinski definition) is 5. The first-order chi connectivity index (χ1) is 10.6. The summed E-state index contributed by atoms with van der Waals surface area (Å²) < 4.78 is 5.61. The highest BCUT2D eigenvalue weighted by atomic mass is 16.5. The molecule has 2 unspecified atom stereocenters. The lowest BCUT2D eigenvalue weighted by atomic mass is 9.93. The van der Waals surface area contributed by atoms with Crippen LogP contribution in [-0.4, -0.2) is 17.0 Å². The second-order valence-corrected chi connectivity index (χ2v) is 5.06. The first-order valence-electron chi connectivity index (χ1n) is 6.87. The van der Waals surface area contributed by atoms with Gasteiger partial charge in [0.05, 0.1) is 12.4 Å². The van der Waals surface area contributed by atoms with Crippen LogP contribution in [0.3, 0.4) is 0 Å². The molecule has 2 aromatic carbocycles. The lowest BCUT2D eigenvalue weighted by Crippen LogP contribution is -2.28. The Kier molecular flexibility index (Phi) is 3.65. The maximum atomic E-state index is 11.0. The number of carbonyl (C=O) groups excluding carboxylic acids is 1. The number of nitrogens with zero attached hydrogens (tertiary/aromatic N) is 1. The molecule has 1 N–H and O–H groups in total. The first-order valence-corrected chi connectivity index (χ1v) is 6.87. The first kappa shape index (κ1) is 14.3. The van der Waals surface area contributed by atoms with Crippen molar-refractivity contribution in [3.63, 3.8) is 0 Å². The third-order valence-corrected chi connectivity index (χ3v) is 3.51. The lowest BCUT2D eigenvalue weighted by Gasteiger charge is -2.26. The number of carbonyl (C=O) groups is 1. The van der Waals surface area contributed by atoms with E-state index >= 15 is 0 Å². The molecule has 0 bridgehead atoms. The van der Waals surface area contributed by atoms with E-state index in [4.69, 9.17) is 4.74 Å². The van der Waals surface area contributed by atoms with Crippen molar-refractivity contribution in [2.24, 2.45) is 4.99 Å². The summed E-state index contributed by atoms with van der Waals surface area (Å²) in [7, 11) is 0. The summed E-state index contributed by atoms with van der Waals surface area (Å²) in [6.45, 7) is 0. The zero-order valence-corrected chi connectivity index (χ0v) is 11.7. The molecule has 0 amide bonds. The molecule has 2 atom stereocenters. The minimum Gasteiger partial charge on any atom is -0.550 e. The highest BCUT2D eigenvalue weighted by Crippen LogP contribution is 2.43. The highest BCUT2D eigenvalue weighted by molar-refractivity contribution is 5.93. The van der Waals surface area contributed by atoms with Crippen molar-refractivity contribution in [3.05, 3.63) is 71.8 Å². The average molecular weight is 296 g/mol. The smallest absolute Gasteiger partial charge is 0.227 e. The van der Waals surface area contributed by atoms with Crippen LogP contribution in [0.4, 0.5) is 0 Å². The van der Waals surface area contributed by atoms with Gasteiger partial charge in [-0.25, -0.2) is 4.99 Å². The number of ether oxygens (including phenoxy) is 1. The van der Waals surface area contributed by atoms with Crippen LogP contribution in [0.15, 0.2) is 65.7 Å². The van der Waals surface area contributed by atoms with Gasteiger partial charge in [-0.1, -0.05) is 60.7 Å². The van der Waals surface area contributed by atoms with Gasteiger partial charge in [-0.3, -0.25) is 0 Å². The molecule has 1 heterocycles. The van der Waals surface area contributed by atoms with Crippen LogP contribution < -0.4 is 5.11 Å². The Balaban J connectivity index is 2.04. The quantitative estimate of drug-likeness (QED) is 0.917. The van der Waals surface area contributed by atoms with Crippen molar-refractivity contribution in [3.8, 4) is 0 Å². The van der Waals surface area contributed by atoms with Crippen molar-refractivity contribution in [2.45, 2.75) is 18.2 Å². The normalized spacial score (nSPS) is 23.7. The van der Waals surface area contributed by atoms with Crippen molar-refractivity contribution >= 4 is 11.9 Å². The fraction of sp³-hybridized carbons (Fsp3) is 0.176. The maximum Gasteiger partial charge on any atom is 0.227 e. The molecule has 0 spiro atoms. The van der Waals surface area contributed by atoms with Crippen LogP contribution in [0.5, 0.6) is 0 Å². The molecule has 0 radical (unpaired) electrons. The number of aliphatic imine (C=N–C) groups is 1. The predicted octanol–water partition coefficient (Wildman–Crippen LogP) is 1.14. The summed E-state index contributed by atoms with van der Waals surface area (Å²) in [6.07, 6.45) is -1.27. The molecule has 0 fully saturated rings. The van der Waals surface area contributed by atoms with Gasteiger partial charge in [0.25, 0.3) is 0 Å². The number of carboxylic acids is 1. The van der Waals surface area contributed by atoms with Crippen molar-refractivity contribution in [1.82, 2.24) is 0 Å². The van der Waals surface area contributed by atoms with E-state index in [-0.39, 0.29) is 5.90 Å². The van der Waals surface area contributed by atoms with Gasteiger partial charge in [-0.15, -0.1) is 0 Å². The van der Waals surface area contributed by atoms with Crippen LogP contribution in [-0.2, 0) is 15.3 Å². The Hall–Kier alpha value is -2.66. The molecule has 1 aliphatic heterocycles. The molecule has 22 heavy (non-hydrogen) atoms. The van der Waals surface area contributed by atoms with Crippen LogP contribution in [0.2, 0.25) is 0 Å². The molecule has 0 aliphatic carbocycles. The Morgan fingerprint density at radius 2 is 1.73 bits per heavy atom. The van der Waals surface area contributed by atoms with E-state index in [9.17, 15) is 15.0 Å². The molecule has 0 saturated heterocycles. The lowest BCUT2D eigenvalue weighted by molar-refractivity contribution is -0.304. The van der Waals surface area contributed by atoms with Crippen molar-refractivity contribution in [2.75, 3.05) is 0 Å². The van der Waals surface area contributed by atoms with Gasteiger partial charge in [0.2, 0.25) is 5.72 Å². The zero-order valence-electron chi connectivity index (χ0n) is 11.7. The fourth-order valence-corrected chi connectivity index (χ4v) is 2.53. The summed E-state index contributed by atoms with van der Waals surface area (Å²) >= 11 is 0. The van der Waals surface area contributed by atoms with Gasteiger partial charge in [-0.05, 0) is 5.56 Å². The molecule has 1 aliphatic rings. The molecular formula is C17H14NO4-. The fourth-order valence-electron chi connectivity index (χ4n) is 2.53. The topological polar surface area (TPSA) is 82.0 Å². The number of aliphatic hydroxyl groups is 1.